The fourth-order valence-electron chi connectivity index (χ4n) is 1.71. The number of hydrogen-bond donors (Lipinski definition) is 1. The predicted octanol–water partition coefficient (Wildman–Crippen LogP) is 2.19. The summed E-state index contributed by atoms with van der Waals surface area (Å²) in [6, 6.07) is 11.1. The van der Waals surface area contributed by atoms with Gasteiger partial charge in [-0.1, -0.05) is 12.1 Å². The van der Waals surface area contributed by atoms with E-state index >= 15 is 0 Å². The number of hydrogen-bond acceptors (Lipinski definition) is 2. The van der Waals surface area contributed by atoms with Gasteiger partial charge in [0.15, 0.2) is 0 Å². The maximum Gasteiger partial charge on any atom is 0.127 e. The zero-order chi connectivity index (χ0) is 9.54. The van der Waals surface area contributed by atoms with E-state index in [1.807, 2.05) is 30.5 Å². The lowest BCUT2D eigenvalue weighted by atomic mass is 10.2. The van der Waals surface area contributed by atoms with Gasteiger partial charge in [0.1, 0.15) is 5.75 Å². The van der Waals surface area contributed by atoms with Gasteiger partial charge in [0.25, 0.3) is 0 Å². The number of phenols is 1. The van der Waals surface area contributed by atoms with Crippen molar-refractivity contribution in [1.29, 1.82) is 0 Å². The summed E-state index contributed by atoms with van der Waals surface area (Å²) in [5.41, 5.74) is 1.75. The van der Waals surface area contributed by atoms with Gasteiger partial charge in [-0.25, -0.2) is 4.52 Å². The zero-order valence-corrected chi connectivity index (χ0v) is 7.38. The number of aromatic hydroxyl groups is 1. The summed E-state index contributed by atoms with van der Waals surface area (Å²) in [5.74, 6) is 0.281. The molecule has 0 atom stereocenters. The number of benzene rings is 1. The Morgan fingerprint density at radius 1 is 1.07 bits per heavy atom. The average Bonchev–Trinajstić information content (AvgIpc) is 2.57. The molecule has 3 heteroatoms. The third-order valence-corrected chi connectivity index (χ3v) is 2.33. The maximum atomic E-state index is 9.70. The highest BCUT2D eigenvalue weighted by Gasteiger charge is 2.06. The molecule has 3 nitrogen and oxygen atoms in total. The van der Waals surface area contributed by atoms with Crippen molar-refractivity contribution in [2.24, 2.45) is 0 Å². The van der Waals surface area contributed by atoms with E-state index in [1.54, 1.807) is 16.6 Å². The van der Waals surface area contributed by atoms with Crippen LogP contribution in [0.1, 0.15) is 0 Å². The summed E-state index contributed by atoms with van der Waals surface area (Å²) in [4.78, 5) is 0. The van der Waals surface area contributed by atoms with Crippen molar-refractivity contribution in [2.75, 3.05) is 0 Å². The highest BCUT2D eigenvalue weighted by atomic mass is 16.3. The normalized spacial score (nSPS) is 11.1. The van der Waals surface area contributed by atoms with Gasteiger partial charge in [-0.2, -0.15) is 5.10 Å². The zero-order valence-electron chi connectivity index (χ0n) is 7.38. The fourth-order valence-corrected chi connectivity index (χ4v) is 1.71. The molecule has 0 unspecified atom stereocenters. The molecule has 0 saturated heterocycles. The summed E-state index contributed by atoms with van der Waals surface area (Å²) in [5, 5.41) is 14.9. The van der Waals surface area contributed by atoms with E-state index in [-0.39, 0.29) is 5.75 Å². The summed E-state index contributed by atoms with van der Waals surface area (Å²) in [7, 11) is 0. The number of nitrogens with zero attached hydrogens (tertiary/aromatic N) is 2. The Balaban J connectivity index is 2.65. The summed E-state index contributed by atoms with van der Waals surface area (Å²) < 4.78 is 1.77. The lowest BCUT2D eigenvalue weighted by Crippen LogP contribution is -1.82. The smallest absolute Gasteiger partial charge is 0.127 e. The third-order valence-electron chi connectivity index (χ3n) is 2.33. The largest absolute Gasteiger partial charge is 0.507 e. The molecule has 1 aromatic carbocycles. The summed E-state index contributed by atoms with van der Waals surface area (Å²) >= 11 is 0. The molecule has 0 saturated carbocycles. The molecule has 2 aromatic heterocycles. The molecule has 0 aliphatic carbocycles. The van der Waals surface area contributed by atoms with Crippen LogP contribution >= 0.6 is 0 Å². The molecule has 3 rings (SSSR count). The van der Waals surface area contributed by atoms with Crippen molar-refractivity contribution in [2.45, 2.75) is 0 Å². The van der Waals surface area contributed by atoms with Gasteiger partial charge >= 0.3 is 0 Å². The third kappa shape index (κ3) is 0.836. The Hall–Kier alpha value is -2.03. The molecule has 0 aliphatic heterocycles. The monoisotopic (exact) mass is 184 g/mol. The van der Waals surface area contributed by atoms with Gasteiger partial charge in [-0.05, 0) is 24.3 Å². The van der Waals surface area contributed by atoms with E-state index in [0.29, 0.717) is 0 Å². The first-order chi connectivity index (χ1) is 6.86. The van der Waals surface area contributed by atoms with Crippen LogP contribution in [0.15, 0.2) is 42.6 Å². The van der Waals surface area contributed by atoms with Crippen molar-refractivity contribution in [3.8, 4) is 5.75 Å². The fraction of sp³-hybridized carbons (Fsp3) is 0. The minimum atomic E-state index is 0.281. The number of fused-ring (bicyclic) bond motifs is 3. The lowest BCUT2D eigenvalue weighted by Gasteiger charge is -1.93. The SMILES string of the molecule is Oc1cccc2nn3ccccc3c12. The van der Waals surface area contributed by atoms with Crippen LogP contribution in [0.5, 0.6) is 5.75 Å². The first kappa shape index (κ1) is 7.38. The van der Waals surface area contributed by atoms with Crippen molar-refractivity contribution < 1.29 is 5.11 Å². The van der Waals surface area contributed by atoms with Crippen LogP contribution in [0.2, 0.25) is 0 Å². The second kappa shape index (κ2) is 2.48. The molecule has 3 aromatic rings. The van der Waals surface area contributed by atoms with Crippen molar-refractivity contribution in [1.82, 2.24) is 9.61 Å². The Morgan fingerprint density at radius 2 is 2.00 bits per heavy atom. The molecule has 0 spiro atoms. The molecule has 14 heavy (non-hydrogen) atoms. The van der Waals surface area contributed by atoms with Gasteiger partial charge in [-0.3, -0.25) is 0 Å². The minimum absolute atomic E-state index is 0.281. The Kier molecular flexibility index (Phi) is 1.31. The number of aromatic nitrogens is 2. The second-order valence-electron chi connectivity index (χ2n) is 3.20. The van der Waals surface area contributed by atoms with E-state index in [0.717, 1.165) is 16.4 Å². The Morgan fingerprint density at radius 3 is 2.93 bits per heavy atom. The first-order valence-electron chi connectivity index (χ1n) is 4.41. The second-order valence-corrected chi connectivity index (χ2v) is 3.20. The van der Waals surface area contributed by atoms with Gasteiger partial charge in [0.05, 0.1) is 16.4 Å². The van der Waals surface area contributed by atoms with Crippen LogP contribution in [0.4, 0.5) is 0 Å². The molecular weight excluding hydrogens is 176 g/mol. The van der Waals surface area contributed by atoms with Crippen molar-refractivity contribution in [3.63, 3.8) is 0 Å². The quantitative estimate of drug-likeness (QED) is 0.581. The molecule has 68 valence electrons. The molecule has 2 heterocycles. The van der Waals surface area contributed by atoms with Gasteiger partial charge in [0.2, 0.25) is 0 Å². The van der Waals surface area contributed by atoms with Gasteiger partial charge in [-0.15, -0.1) is 0 Å². The predicted molar refractivity (Wildman–Crippen MR) is 54.4 cm³/mol. The molecule has 0 fully saturated rings. The highest BCUT2D eigenvalue weighted by Crippen LogP contribution is 2.27. The van der Waals surface area contributed by atoms with Crippen molar-refractivity contribution >= 4 is 16.4 Å². The Bertz CT molecular complexity index is 613. The van der Waals surface area contributed by atoms with E-state index in [2.05, 4.69) is 5.10 Å². The van der Waals surface area contributed by atoms with E-state index in [9.17, 15) is 5.11 Å². The van der Waals surface area contributed by atoms with E-state index < -0.39 is 0 Å². The van der Waals surface area contributed by atoms with Crippen LogP contribution in [0.25, 0.3) is 16.4 Å². The number of rotatable bonds is 0. The number of pyridine rings is 1. The summed E-state index contributed by atoms with van der Waals surface area (Å²) in [6.07, 6.45) is 1.87. The highest BCUT2D eigenvalue weighted by molar-refractivity contribution is 5.98. The van der Waals surface area contributed by atoms with Crippen molar-refractivity contribution in [3.05, 3.63) is 42.6 Å². The van der Waals surface area contributed by atoms with Gasteiger partial charge in [0, 0.05) is 6.20 Å². The van der Waals surface area contributed by atoms with Crippen LogP contribution < -0.4 is 0 Å². The van der Waals surface area contributed by atoms with Crippen LogP contribution in [-0.2, 0) is 0 Å². The van der Waals surface area contributed by atoms with Crippen LogP contribution in [-0.4, -0.2) is 14.7 Å². The summed E-state index contributed by atoms with van der Waals surface area (Å²) in [6.45, 7) is 0. The maximum absolute atomic E-state index is 9.70. The van der Waals surface area contributed by atoms with Crippen LogP contribution in [0, 0.1) is 0 Å². The molecular formula is C11H8N2O. The van der Waals surface area contributed by atoms with Gasteiger partial charge < -0.3 is 5.11 Å². The topological polar surface area (TPSA) is 37.5 Å². The molecule has 0 aliphatic rings. The molecule has 0 bridgehead atoms. The van der Waals surface area contributed by atoms with E-state index in [1.165, 1.54) is 0 Å². The van der Waals surface area contributed by atoms with E-state index in [4.69, 9.17) is 0 Å². The number of phenolic OH excluding ortho intramolecular Hbond substituents is 1. The van der Waals surface area contributed by atoms with Crippen LogP contribution in [0.3, 0.4) is 0 Å². The lowest BCUT2D eigenvalue weighted by molar-refractivity contribution is 0.482. The molecule has 0 radical (unpaired) electrons. The minimum Gasteiger partial charge on any atom is -0.507 e. The average molecular weight is 184 g/mol. The molecule has 0 amide bonds. The Labute approximate surface area is 80.2 Å². The first-order valence-corrected chi connectivity index (χ1v) is 4.41. The standard InChI is InChI=1S/C11H8N2O/c14-10-6-3-4-8-11(10)9-5-1-2-7-13(9)12-8/h1-7,14H. The molecule has 1 N–H and O–H groups in total.